The van der Waals surface area contributed by atoms with E-state index in [1.807, 2.05) is 0 Å². The highest BCUT2D eigenvalue weighted by Crippen LogP contribution is 2.24. The van der Waals surface area contributed by atoms with Crippen molar-refractivity contribution in [3.05, 3.63) is 34.9 Å². The van der Waals surface area contributed by atoms with E-state index < -0.39 is 0 Å². The Labute approximate surface area is 104 Å². The van der Waals surface area contributed by atoms with Crippen molar-refractivity contribution >= 4 is 0 Å². The van der Waals surface area contributed by atoms with Gasteiger partial charge in [-0.05, 0) is 43.7 Å². The molecule has 1 aliphatic rings. The molecule has 17 heavy (non-hydrogen) atoms. The van der Waals surface area contributed by atoms with Crippen molar-refractivity contribution in [2.75, 3.05) is 6.61 Å². The fourth-order valence-electron chi connectivity index (χ4n) is 2.65. The third kappa shape index (κ3) is 2.88. The van der Waals surface area contributed by atoms with Crippen molar-refractivity contribution in [2.45, 2.75) is 45.8 Å². The van der Waals surface area contributed by atoms with Crippen LogP contribution in [-0.2, 0) is 11.2 Å². The number of ether oxygens (including phenoxy) is 1. The average molecular weight is 233 g/mol. The average Bonchev–Trinajstić information content (AvgIpc) is 2.70. The first-order valence-corrected chi connectivity index (χ1v) is 6.51. The lowest BCUT2D eigenvalue weighted by molar-refractivity contribution is 0.0726. The van der Waals surface area contributed by atoms with Crippen molar-refractivity contribution in [3.8, 4) is 0 Å². The van der Waals surface area contributed by atoms with E-state index in [-0.39, 0.29) is 12.1 Å². The van der Waals surface area contributed by atoms with Gasteiger partial charge < -0.3 is 10.5 Å². The Kier molecular flexibility index (Phi) is 3.85. The Bertz CT molecular complexity index is 389. The summed E-state index contributed by atoms with van der Waals surface area (Å²) in [7, 11) is 0. The van der Waals surface area contributed by atoms with Crippen LogP contribution in [0.5, 0.6) is 0 Å². The number of nitrogens with two attached hydrogens (primary N) is 1. The lowest BCUT2D eigenvalue weighted by Gasteiger charge is -2.23. The molecule has 3 atom stereocenters. The summed E-state index contributed by atoms with van der Waals surface area (Å²) in [6.45, 7) is 7.39. The van der Waals surface area contributed by atoms with Gasteiger partial charge in [-0.15, -0.1) is 0 Å². The first kappa shape index (κ1) is 12.6. The molecule has 1 aromatic carbocycles. The van der Waals surface area contributed by atoms with Gasteiger partial charge in [-0.1, -0.05) is 30.7 Å². The predicted molar refractivity (Wildman–Crippen MR) is 71.1 cm³/mol. The van der Waals surface area contributed by atoms with E-state index in [0.717, 1.165) is 19.4 Å². The van der Waals surface area contributed by atoms with Crippen LogP contribution in [0.3, 0.4) is 0 Å². The second kappa shape index (κ2) is 5.19. The second-order valence-electron chi connectivity index (χ2n) is 5.40. The van der Waals surface area contributed by atoms with Crippen LogP contribution in [0, 0.1) is 19.8 Å². The highest BCUT2D eigenvalue weighted by Gasteiger charge is 2.29. The van der Waals surface area contributed by atoms with Crippen molar-refractivity contribution in [2.24, 2.45) is 11.7 Å². The zero-order chi connectivity index (χ0) is 12.4. The van der Waals surface area contributed by atoms with Gasteiger partial charge in [0.1, 0.15) is 0 Å². The van der Waals surface area contributed by atoms with Gasteiger partial charge in [0, 0.05) is 12.6 Å². The highest BCUT2D eigenvalue weighted by atomic mass is 16.5. The number of benzene rings is 1. The van der Waals surface area contributed by atoms with Crippen LogP contribution in [0.4, 0.5) is 0 Å². The molecule has 2 nitrogen and oxygen atoms in total. The van der Waals surface area contributed by atoms with Gasteiger partial charge in [0.05, 0.1) is 6.10 Å². The Morgan fingerprint density at radius 3 is 2.82 bits per heavy atom. The maximum Gasteiger partial charge on any atom is 0.0755 e. The van der Waals surface area contributed by atoms with E-state index in [2.05, 4.69) is 39.0 Å². The maximum absolute atomic E-state index is 6.30. The SMILES string of the molecule is Cc1ccc(C)c(CC(N)C2OCCC2C)c1. The molecule has 0 amide bonds. The predicted octanol–water partition coefficient (Wildman–Crippen LogP) is 2.60. The molecule has 0 radical (unpaired) electrons. The first-order valence-electron chi connectivity index (χ1n) is 6.51. The zero-order valence-electron chi connectivity index (χ0n) is 11.1. The smallest absolute Gasteiger partial charge is 0.0755 e. The summed E-state index contributed by atoms with van der Waals surface area (Å²) in [6.07, 6.45) is 2.29. The molecule has 0 saturated carbocycles. The summed E-state index contributed by atoms with van der Waals surface area (Å²) in [5.74, 6) is 0.593. The van der Waals surface area contributed by atoms with Crippen molar-refractivity contribution in [1.82, 2.24) is 0 Å². The summed E-state index contributed by atoms with van der Waals surface area (Å²) < 4.78 is 5.74. The van der Waals surface area contributed by atoms with Gasteiger partial charge in [-0.2, -0.15) is 0 Å². The van der Waals surface area contributed by atoms with Crippen molar-refractivity contribution in [1.29, 1.82) is 0 Å². The highest BCUT2D eigenvalue weighted by molar-refractivity contribution is 5.31. The fraction of sp³-hybridized carbons (Fsp3) is 0.600. The number of rotatable bonds is 3. The molecule has 0 aromatic heterocycles. The summed E-state index contributed by atoms with van der Waals surface area (Å²) in [5, 5.41) is 0. The van der Waals surface area contributed by atoms with Crippen LogP contribution in [0.15, 0.2) is 18.2 Å². The largest absolute Gasteiger partial charge is 0.376 e. The molecule has 1 saturated heterocycles. The third-order valence-corrected chi connectivity index (χ3v) is 3.83. The number of hydrogen-bond acceptors (Lipinski definition) is 2. The van der Waals surface area contributed by atoms with E-state index >= 15 is 0 Å². The standard InChI is InChI=1S/C15H23NO/c1-10-4-5-11(2)13(8-10)9-14(16)15-12(3)6-7-17-15/h4-5,8,12,14-15H,6-7,9,16H2,1-3H3. The van der Waals surface area contributed by atoms with E-state index in [1.54, 1.807) is 0 Å². The number of aryl methyl sites for hydroxylation is 2. The Hall–Kier alpha value is -0.860. The van der Waals surface area contributed by atoms with Crippen LogP contribution in [0.2, 0.25) is 0 Å². The maximum atomic E-state index is 6.30. The summed E-state index contributed by atoms with van der Waals surface area (Å²) in [5.41, 5.74) is 10.3. The van der Waals surface area contributed by atoms with Crippen molar-refractivity contribution in [3.63, 3.8) is 0 Å². The molecule has 0 aliphatic carbocycles. The molecular formula is C15H23NO. The molecule has 1 fully saturated rings. The minimum Gasteiger partial charge on any atom is -0.376 e. The minimum atomic E-state index is 0.119. The van der Waals surface area contributed by atoms with Gasteiger partial charge in [-0.25, -0.2) is 0 Å². The van der Waals surface area contributed by atoms with Gasteiger partial charge in [0.25, 0.3) is 0 Å². The van der Waals surface area contributed by atoms with E-state index in [0.29, 0.717) is 5.92 Å². The van der Waals surface area contributed by atoms with Crippen LogP contribution >= 0.6 is 0 Å². The van der Waals surface area contributed by atoms with Gasteiger partial charge >= 0.3 is 0 Å². The quantitative estimate of drug-likeness (QED) is 0.871. The first-order chi connectivity index (χ1) is 8.08. The molecule has 94 valence electrons. The van der Waals surface area contributed by atoms with Crippen molar-refractivity contribution < 1.29 is 4.74 Å². The van der Waals surface area contributed by atoms with Crippen LogP contribution in [0.25, 0.3) is 0 Å². The van der Waals surface area contributed by atoms with E-state index in [4.69, 9.17) is 10.5 Å². The van der Waals surface area contributed by atoms with E-state index in [1.165, 1.54) is 16.7 Å². The molecule has 0 bridgehead atoms. The zero-order valence-corrected chi connectivity index (χ0v) is 11.1. The molecule has 2 heteroatoms. The molecule has 3 unspecified atom stereocenters. The summed E-state index contributed by atoms with van der Waals surface area (Å²) >= 11 is 0. The Morgan fingerprint density at radius 1 is 1.41 bits per heavy atom. The molecule has 1 aliphatic heterocycles. The minimum absolute atomic E-state index is 0.119. The Balaban J connectivity index is 2.07. The summed E-state index contributed by atoms with van der Waals surface area (Å²) in [6, 6.07) is 6.69. The van der Waals surface area contributed by atoms with Crippen LogP contribution in [0.1, 0.15) is 30.0 Å². The molecule has 1 aromatic rings. The topological polar surface area (TPSA) is 35.2 Å². The van der Waals surface area contributed by atoms with E-state index in [9.17, 15) is 0 Å². The summed E-state index contributed by atoms with van der Waals surface area (Å²) in [4.78, 5) is 0. The van der Waals surface area contributed by atoms with Gasteiger partial charge in [0.15, 0.2) is 0 Å². The second-order valence-corrected chi connectivity index (χ2v) is 5.40. The monoisotopic (exact) mass is 233 g/mol. The molecular weight excluding hydrogens is 210 g/mol. The Morgan fingerprint density at radius 2 is 2.18 bits per heavy atom. The number of hydrogen-bond donors (Lipinski definition) is 1. The lowest BCUT2D eigenvalue weighted by Crippen LogP contribution is -2.39. The molecule has 2 N–H and O–H groups in total. The van der Waals surface area contributed by atoms with Crippen LogP contribution in [-0.4, -0.2) is 18.8 Å². The lowest BCUT2D eigenvalue weighted by atomic mass is 9.91. The van der Waals surface area contributed by atoms with Gasteiger partial charge in [0.2, 0.25) is 0 Å². The normalized spacial score (nSPS) is 26.1. The molecule has 0 spiro atoms. The van der Waals surface area contributed by atoms with Crippen LogP contribution < -0.4 is 5.73 Å². The molecule has 2 rings (SSSR count). The molecule has 1 heterocycles. The third-order valence-electron chi connectivity index (χ3n) is 3.83. The van der Waals surface area contributed by atoms with Gasteiger partial charge in [-0.3, -0.25) is 0 Å². The fourth-order valence-corrected chi connectivity index (χ4v) is 2.65.